The molecule has 0 saturated carbocycles. The van der Waals surface area contributed by atoms with Crippen LogP contribution in [0.3, 0.4) is 0 Å². The maximum absolute atomic E-state index is 10.1. The summed E-state index contributed by atoms with van der Waals surface area (Å²) >= 11 is 0. The average molecular weight is 237 g/mol. The molecule has 94 valence electrons. The third-order valence-corrected chi connectivity index (χ3v) is 3.71. The lowest BCUT2D eigenvalue weighted by atomic mass is 10.0. The summed E-state index contributed by atoms with van der Waals surface area (Å²) in [6, 6.07) is 7.38. The van der Waals surface area contributed by atoms with Crippen molar-refractivity contribution in [3.05, 3.63) is 29.8 Å². The van der Waals surface area contributed by atoms with Crippen LogP contribution in [0, 0.1) is 0 Å². The molecule has 1 fully saturated rings. The van der Waals surface area contributed by atoms with Crippen molar-refractivity contribution in [2.24, 2.45) is 0 Å². The molecule has 1 aliphatic rings. The van der Waals surface area contributed by atoms with E-state index in [0.717, 1.165) is 11.3 Å². The Hall–Kier alpha value is -1.10. The van der Waals surface area contributed by atoms with Gasteiger partial charge in [0.1, 0.15) is 11.9 Å². The summed E-state index contributed by atoms with van der Waals surface area (Å²) in [5.74, 6) is 0.789. The van der Waals surface area contributed by atoms with E-state index in [2.05, 4.69) is 0 Å². The van der Waals surface area contributed by atoms with E-state index < -0.39 is 12.2 Å². The van der Waals surface area contributed by atoms with Gasteiger partial charge in [0.15, 0.2) is 0 Å². The average Bonchev–Trinajstić information content (AvgIpc) is 2.54. The van der Waals surface area contributed by atoms with Gasteiger partial charge >= 0.3 is 0 Å². The number of aliphatic hydroxyl groups is 2. The first-order valence-electron chi connectivity index (χ1n) is 5.78. The maximum atomic E-state index is 10.1. The Morgan fingerprint density at radius 3 is 2.12 bits per heavy atom. The second kappa shape index (κ2) is 4.64. The van der Waals surface area contributed by atoms with E-state index in [4.69, 9.17) is 4.74 Å². The van der Waals surface area contributed by atoms with Crippen LogP contribution in [0.5, 0.6) is 5.75 Å². The highest BCUT2D eigenvalue weighted by Gasteiger charge is 2.43. The minimum Gasteiger partial charge on any atom is -0.497 e. The van der Waals surface area contributed by atoms with Crippen molar-refractivity contribution in [1.29, 1.82) is 0 Å². The minimum atomic E-state index is -0.747. The first-order chi connectivity index (χ1) is 8.06. The Bertz CT molecular complexity index is 365. The number of hydrogen-bond donors (Lipinski definition) is 2. The fourth-order valence-corrected chi connectivity index (χ4v) is 2.44. The van der Waals surface area contributed by atoms with E-state index in [0.29, 0.717) is 0 Å². The summed E-state index contributed by atoms with van der Waals surface area (Å²) in [4.78, 5) is 2.00. The summed E-state index contributed by atoms with van der Waals surface area (Å²) < 4.78 is 5.10. The lowest BCUT2D eigenvalue weighted by molar-refractivity contribution is 0.0300. The van der Waals surface area contributed by atoms with E-state index in [-0.39, 0.29) is 12.1 Å². The second-order valence-corrected chi connectivity index (χ2v) is 4.61. The number of rotatable bonds is 2. The Balaban J connectivity index is 2.26. The lowest BCUT2D eigenvalue weighted by Gasteiger charge is -2.24. The van der Waals surface area contributed by atoms with Gasteiger partial charge in [-0.25, -0.2) is 0 Å². The molecular formula is C13H19NO3. The summed E-state index contributed by atoms with van der Waals surface area (Å²) in [6.45, 7) is 1.91. The molecule has 1 aliphatic heterocycles. The van der Waals surface area contributed by atoms with Crippen LogP contribution in [-0.4, -0.2) is 47.5 Å². The van der Waals surface area contributed by atoms with Crippen LogP contribution in [0.4, 0.5) is 0 Å². The molecule has 0 bridgehead atoms. The monoisotopic (exact) mass is 237 g/mol. The Morgan fingerprint density at radius 2 is 1.71 bits per heavy atom. The van der Waals surface area contributed by atoms with Crippen molar-refractivity contribution < 1.29 is 14.9 Å². The smallest absolute Gasteiger partial charge is 0.118 e. The first-order valence-corrected chi connectivity index (χ1v) is 5.78. The third kappa shape index (κ3) is 2.04. The molecule has 4 heteroatoms. The Labute approximate surface area is 101 Å². The normalized spacial score (nSPS) is 33.9. The zero-order valence-corrected chi connectivity index (χ0v) is 10.4. The first kappa shape index (κ1) is 12.4. The van der Waals surface area contributed by atoms with Gasteiger partial charge < -0.3 is 14.9 Å². The molecule has 0 aromatic heterocycles. The number of methoxy groups -OCH3 is 1. The molecule has 0 unspecified atom stereocenters. The van der Waals surface area contributed by atoms with Crippen LogP contribution < -0.4 is 4.74 Å². The summed E-state index contributed by atoms with van der Waals surface area (Å²) in [5, 5.41) is 19.9. The number of aliphatic hydroxyl groups excluding tert-OH is 2. The number of nitrogens with zero attached hydrogens (tertiary/aromatic N) is 1. The predicted molar refractivity (Wildman–Crippen MR) is 65.0 cm³/mol. The molecule has 2 rings (SSSR count). The van der Waals surface area contributed by atoms with E-state index >= 15 is 0 Å². The van der Waals surface area contributed by atoms with E-state index in [9.17, 15) is 10.2 Å². The molecule has 4 atom stereocenters. The number of benzene rings is 1. The molecule has 1 aromatic carbocycles. The van der Waals surface area contributed by atoms with E-state index in [1.165, 1.54) is 0 Å². The molecule has 0 amide bonds. The Kier molecular flexibility index (Phi) is 3.38. The van der Waals surface area contributed by atoms with Crippen molar-refractivity contribution in [2.45, 2.75) is 31.2 Å². The van der Waals surface area contributed by atoms with Crippen molar-refractivity contribution in [3.63, 3.8) is 0 Å². The van der Waals surface area contributed by atoms with Gasteiger partial charge in [-0.1, -0.05) is 12.1 Å². The van der Waals surface area contributed by atoms with Crippen molar-refractivity contribution in [1.82, 2.24) is 4.90 Å². The van der Waals surface area contributed by atoms with E-state index in [1.54, 1.807) is 7.11 Å². The summed E-state index contributed by atoms with van der Waals surface area (Å²) in [5.41, 5.74) is 0.990. The van der Waals surface area contributed by atoms with Gasteiger partial charge in [-0.3, -0.25) is 4.90 Å². The zero-order valence-electron chi connectivity index (χ0n) is 10.4. The van der Waals surface area contributed by atoms with Gasteiger partial charge in [-0.2, -0.15) is 0 Å². The van der Waals surface area contributed by atoms with Crippen LogP contribution in [-0.2, 0) is 0 Å². The molecule has 0 aliphatic carbocycles. The fraction of sp³-hybridized carbons (Fsp3) is 0.538. The topological polar surface area (TPSA) is 52.9 Å². The van der Waals surface area contributed by atoms with Gasteiger partial charge in [0.05, 0.1) is 19.3 Å². The van der Waals surface area contributed by atoms with Crippen molar-refractivity contribution >= 4 is 0 Å². The minimum absolute atomic E-state index is 0.0444. The second-order valence-electron chi connectivity index (χ2n) is 4.61. The molecule has 1 aromatic rings. The fourth-order valence-electron chi connectivity index (χ4n) is 2.44. The number of ether oxygens (including phenoxy) is 1. The largest absolute Gasteiger partial charge is 0.497 e. The van der Waals surface area contributed by atoms with E-state index in [1.807, 2.05) is 43.1 Å². The quantitative estimate of drug-likeness (QED) is 0.798. The van der Waals surface area contributed by atoms with Crippen LogP contribution in [0.25, 0.3) is 0 Å². The van der Waals surface area contributed by atoms with Gasteiger partial charge in [-0.05, 0) is 31.7 Å². The molecular weight excluding hydrogens is 218 g/mol. The number of hydrogen-bond acceptors (Lipinski definition) is 4. The summed E-state index contributed by atoms with van der Waals surface area (Å²) in [6.07, 6.45) is -1.45. The number of likely N-dealkylation sites (N-methyl/N-ethyl adjacent to an activating group) is 1. The highest BCUT2D eigenvalue weighted by atomic mass is 16.5. The standard InChI is InChI=1S/C13H19NO3/c1-8-12(15)13(16)11(14(8)2)9-4-6-10(17-3)7-5-9/h4-8,11-13,15-16H,1-3H3/t8-,11-,12+,13+/m0/s1. The van der Waals surface area contributed by atoms with Gasteiger partial charge in [0.25, 0.3) is 0 Å². The van der Waals surface area contributed by atoms with Crippen LogP contribution in [0.1, 0.15) is 18.5 Å². The molecule has 0 spiro atoms. The van der Waals surface area contributed by atoms with Gasteiger partial charge in [-0.15, -0.1) is 0 Å². The highest BCUT2D eigenvalue weighted by Crippen LogP contribution is 2.35. The number of likely N-dealkylation sites (tertiary alicyclic amines) is 1. The van der Waals surface area contributed by atoms with Crippen LogP contribution in [0.15, 0.2) is 24.3 Å². The van der Waals surface area contributed by atoms with Crippen LogP contribution >= 0.6 is 0 Å². The molecule has 0 radical (unpaired) electrons. The maximum Gasteiger partial charge on any atom is 0.118 e. The third-order valence-electron chi connectivity index (χ3n) is 3.71. The molecule has 1 heterocycles. The summed E-state index contributed by atoms with van der Waals surface area (Å²) in [7, 11) is 3.54. The molecule has 4 nitrogen and oxygen atoms in total. The predicted octanol–water partition coefficient (Wildman–Crippen LogP) is 0.792. The molecule has 1 saturated heterocycles. The zero-order chi connectivity index (χ0) is 12.6. The Morgan fingerprint density at radius 1 is 1.12 bits per heavy atom. The van der Waals surface area contributed by atoms with Gasteiger partial charge in [0, 0.05) is 6.04 Å². The van der Waals surface area contributed by atoms with Crippen molar-refractivity contribution in [3.8, 4) is 5.75 Å². The lowest BCUT2D eigenvalue weighted by Crippen LogP contribution is -2.30. The van der Waals surface area contributed by atoms with Crippen LogP contribution in [0.2, 0.25) is 0 Å². The molecule has 2 N–H and O–H groups in total. The molecule has 17 heavy (non-hydrogen) atoms. The van der Waals surface area contributed by atoms with Gasteiger partial charge in [0.2, 0.25) is 0 Å². The SMILES string of the molecule is COc1ccc([C@H]2[C@@H](O)[C@H](O)[C@H](C)N2C)cc1. The van der Waals surface area contributed by atoms with Crippen molar-refractivity contribution in [2.75, 3.05) is 14.2 Å². The highest BCUT2D eigenvalue weighted by molar-refractivity contribution is 5.31.